The molecule has 128 valence electrons. The minimum atomic E-state index is -3.12. The van der Waals surface area contributed by atoms with E-state index in [0.717, 1.165) is 0 Å². The number of carbonyl (C=O) groups excluding carboxylic acids is 1. The summed E-state index contributed by atoms with van der Waals surface area (Å²) < 4.78 is 23.7. The number of nitrogens with zero attached hydrogens (tertiary/aromatic N) is 3. The standard InChI is InChI=1S/C14H13Cl2N3O3S2/c1-8(20)18-14-19(12-6-24(21,22)7-13(12)23-14)17-5-9-10(15)3-2-4-11(9)16/h2-5,12-13H,6-7H2,1H3/b17-5+,18-14?. The van der Waals surface area contributed by atoms with Crippen LogP contribution in [0.25, 0.3) is 0 Å². The molecule has 2 heterocycles. The van der Waals surface area contributed by atoms with Gasteiger partial charge in [0.25, 0.3) is 0 Å². The zero-order valence-electron chi connectivity index (χ0n) is 12.5. The van der Waals surface area contributed by atoms with E-state index >= 15 is 0 Å². The van der Waals surface area contributed by atoms with Crippen molar-refractivity contribution >= 4 is 62.1 Å². The summed E-state index contributed by atoms with van der Waals surface area (Å²) in [7, 11) is -3.12. The van der Waals surface area contributed by atoms with Crippen LogP contribution in [0, 0.1) is 0 Å². The number of carbonyl (C=O) groups is 1. The fourth-order valence-electron chi connectivity index (χ4n) is 2.57. The monoisotopic (exact) mass is 405 g/mol. The Hall–Kier alpha value is -1.09. The summed E-state index contributed by atoms with van der Waals surface area (Å²) in [6, 6.07) is 4.73. The van der Waals surface area contributed by atoms with Gasteiger partial charge in [-0.3, -0.25) is 4.79 Å². The maximum Gasteiger partial charge on any atom is 0.245 e. The van der Waals surface area contributed by atoms with E-state index in [4.69, 9.17) is 23.2 Å². The van der Waals surface area contributed by atoms with Crippen LogP contribution in [0.1, 0.15) is 12.5 Å². The summed E-state index contributed by atoms with van der Waals surface area (Å²) in [6.45, 7) is 1.34. The summed E-state index contributed by atoms with van der Waals surface area (Å²) in [5.74, 6) is -0.329. The van der Waals surface area contributed by atoms with Crippen molar-refractivity contribution in [3.63, 3.8) is 0 Å². The van der Waals surface area contributed by atoms with Crippen molar-refractivity contribution in [3.8, 4) is 0 Å². The lowest BCUT2D eigenvalue weighted by Gasteiger charge is -2.18. The van der Waals surface area contributed by atoms with E-state index in [0.29, 0.717) is 20.8 Å². The highest BCUT2D eigenvalue weighted by Crippen LogP contribution is 2.38. The average molecular weight is 406 g/mol. The van der Waals surface area contributed by atoms with Crippen LogP contribution in [-0.4, -0.2) is 53.5 Å². The number of hydrogen-bond acceptors (Lipinski definition) is 5. The molecule has 1 aromatic carbocycles. The SMILES string of the molecule is CC(=O)N=C1SC2CS(=O)(=O)CC2N1/N=C/c1c(Cl)cccc1Cl. The summed E-state index contributed by atoms with van der Waals surface area (Å²) in [5.41, 5.74) is 0.525. The molecule has 2 atom stereocenters. The quantitative estimate of drug-likeness (QED) is 0.705. The molecule has 2 fully saturated rings. The number of hydrogen-bond donors (Lipinski definition) is 0. The van der Waals surface area contributed by atoms with Gasteiger partial charge in [0.15, 0.2) is 15.0 Å². The number of hydrazone groups is 1. The Morgan fingerprint density at radius 2 is 2.00 bits per heavy atom. The molecule has 2 aliphatic rings. The highest BCUT2D eigenvalue weighted by Gasteiger charge is 2.49. The third kappa shape index (κ3) is 3.61. The Labute approximate surface area is 153 Å². The van der Waals surface area contributed by atoms with E-state index in [-0.39, 0.29) is 28.7 Å². The van der Waals surface area contributed by atoms with Gasteiger partial charge in [-0.2, -0.15) is 10.1 Å². The van der Waals surface area contributed by atoms with Crippen LogP contribution in [-0.2, 0) is 14.6 Å². The van der Waals surface area contributed by atoms with E-state index < -0.39 is 9.84 Å². The molecule has 10 heteroatoms. The first-order valence-corrected chi connectivity index (χ1v) is 10.5. The van der Waals surface area contributed by atoms with Crippen molar-refractivity contribution in [3.05, 3.63) is 33.8 Å². The van der Waals surface area contributed by atoms with Gasteiger partial charge in [0.05, 0.1) is 39.1 Å². The van der Waals surface area contributed by atoms with Crippen LogP contribution in [0.4, 0.5) is 0 Å². The van der Waals surface area contributed by atoms with Crippen LogP contribution in [0.5, 0.6) is 0 Å². The summed E-state index contributed by atoms with van der Waals surface area (Å²) >= 11 is 13.5. The molecule has 3 rings (SSSR count). The number of sulfone groups is 1. The van der Waals surface area contributed by atoms with Crippen molar-refractivity contribution < 1.29 is 13.2 Å². The van der Waals surface area contributed by atoms with Gasteiger partial charge in [-0.05, 0) is 12.1 Å². The molecule has 0 saturated carbocycles. The number of amidine groups is 1. The van der Waals surface area contributed by atoms with Crippen molar-refractivity contribution in [2.75, 3.05) is 11.5 Å². The minimum Gasteiger partial charge on any atom is -0.273 e. The molecule has 0 radical (unpaired) electrons. The number of rotatable bonds is 2. The minimum absolute atomic E-state index is 0.0187. The highest BCUT2D eigenvalue weighted by atomic mass is 35.5. The zero-order valence-corrected chi connectivity index (χ0v) is 15.7. The van der Waals surface area contributed by atoms with Crippen LogP contribution in [0.15, 0.2) is 28.3 Å². The van der Waals surface area contributed by atoms with E-state index in [2.05, 4.69) is 10.1 Å². The number of fused-ring (bicyclic) bond motifs is 1. The Morgan fingerprint density at radius 3 is 2.62 bits per heavy atom. The van der Waals surface area contributed by atoms with Gasteiger partial charge in [0.2, 0.25) is 5.91 Å². The van der Waals surface area contributed by atoms with Crippen molar-refractivity contribution in [1.29, 1.82) is 0 Å². The number of aliphatic imine (C=N–C) groups is 1. The molecule has 1 amide bonds. The fourth-order valence-corrected chi connectivity index (χ4v) is 6.94. The van der Waals surface area contributed by atoms with E-state index in [1.807, 2.05) is 0 Å². The molecule has 1 aromatic rings. The highest BCUT2D eigenvalue weighted by molar-refractivity contribution is 8.15. The lowest BCUT2D eigenvalue weighted by molar-refractivity contribution is -0.115. The molecule has 0 bridgehead atoms. The fraction of sp³-hybridized carbons (Fsp3) is 0.357. The number of thioether (sulfide) groups is 1. The second-order valence-electron chi connectivity index (χ2n) is 5.44. The third-order valence-electron chi connectivity index (χ3n) is 3.60. The predicted octanol–water partition coefficient (Wildman–Crippen LogP) is 2.44. The number of halogens is 2. The molecular weight excluding hydrogens is 393 g/mol. The molecular formula is C14H13Cl2N3O3S2. The number of amides is 1. The van der Waals surface area contributed by atoms with Crippen LogP contribution >= 0.6 is 35.0 Å². The molecule has 6 nitrogen and oxygen atoms in total. The third-order valence-corrected chi connectivity index (χ3v) is 7.46. The van der Waals surface area contributed by atoms with E-state index in [1.54, 1.807) is 18.2 Å². The average Bonchev–Trinajstić information content (AvgIpc) is 2.90. The van der Waals surface area contributed by atoms with Crippen LogP contribution in [0.3, 0.4) is 0 Å². The molecule has 0 spiro atoms. The van der Waals surface area contributed by atoms with Gasteiger partial charge in [-0.25, -0.2) is 13.4 Å². The Bertz CT molecular complexity index is 835. The molecule has 24 heavy (non-hydrogen) atoms. The Balaban J connectivity index is 1.95. The molecule has 2 aliphatic heterocycles. The zero-order chi connectivity index (χ0) is 17.5. The summed E-state index contributed by atoms with van der Waals surface area (Å²) in [4.78, 5) is 15.3. The van der Waals surface area contributed by atoms with Crippen molar-refractivity contribution in [2.45, 2.75) is 18.2 Å². The maximum absolute atomic E-state index is 11.9. The number of benzene rings is 1. The molecule has 0 N–H and O–H groups in total. The smallest absolute Gasteiger partial charge is 0.245 e. The second-order valence-corrected chi connectivity index (χ2v) is 9.61. The van der Waals surface area contributed by atoms with Gasteiger partial charge in [-0.15, -0.1) is 0 Å². The normalized spacial score (nSPS) is 27.1. The van der Waals surface area contributed by atoms with Gasteiger partial charge in [0.1, 0.15) is 0 Å². The molecule has 0 aliphatic carbocycles. The first kappa shape index (κ1) is 17.7. The Kier molecular flexibility index (Phi) is 4.92. The lowest BCUT2D eigenvalue weighted by atomic mass is 10.2. The van der Waals surface area contributed by atoms with E-state index in [1.165, 1.54) is 29.9 Å². The summed E-state index contributed by atoms with van der Waals surface area (Å²) in [5, 5.41) is 6.88. The molecule has 2 unspecified atom stereocenters. The van der Waals surface area contributed by atoms with Crippen LogP contribution in [0.2, 0.25) is 10.0 Å². The van der Waals surface area contributed by atoms with Crippen molar-refractivity contribution in [1.82, 2.24) is 5.01 Å². The largest absolute Gasteiger partial charge is 0.273 e. The van der Waals surface area contributed by atoms with Crippen LogP contribution < -0.4 is 0 Å². The van der Waals surface area contributed by atoms with Gasteiger partial charge >= 0.3 is 0 Å². The lowest BCUT2D eigenvalue weighted by Crippen LogP contribution is -2.33. The Morgan fingerprint density at radius 1 is 1.33 bits per heavy atom. The second kappa shape index (κ2) is 6.67. The molecule has 2 saturated heterocycles. The topological polar surface area (TPSA) is 79.2 Å². The summed E-state index contributed by atoms with van der Waals surface area (Å²) in [6.07, 6.45) is 1.47. The maximum atomic E-state index is 11.9. The van der Waals surface area contributed by atoms with Gasteiger partial charge in [-0.1, -0.05) is 41.0 Å². The first-order valence-electron chi connectivity index (χ1n) is 7.00. The first-order chi connectivity index (χ1) is 11.3. The molecule has 0 aromatic heterocycles. The van der Waals surface area contributed by atoms with E-state index in [9.17, 15) is 13.2 Å². The predicted molar refractivity (Wildman–Crippen MR) is 97.8 cm³/mol. The van der Waals surface area contributed by atoms with Gasteiger partial charge < -0.3 is 0 Å². The van der Waals surface area contributed by atoms with Gasteiger partial charge in [0, 0.05) is 12.5 Å². The van der Waals surface area contributed by atoms with Crippen molar-refractivity contribution in [2.24, 2.45) is 10.1 Å².